The lowest BCUT2D eigenvalue weighted by atomic mass is 10.0. The molecule has 0 amide bonds. The van der Waals surface area contributed by atoms with Crippen molar-refractivity contribution < 1.29 is 9.50 Å². The number of hydrogen-bond acceptors (Lipinski definition) is 3. The maximum Gasteiger partial charge on any atom is 0.124 e. The van der Waals surface area contributed by atoms with E-state index in [9.17, 15) is 9.50 Å². The number of benzene rings is 1. The van der Waals surface area contributed by atoms with E-state index in [4.69, 9.17) is 0 Å². The Morgan fingerprint density at radius 3 is 2.90 bits per heavy atom. The Morgan fingerprint density at radius 1 is 1.35 bits per heavy atom. The van der Waals surface area contributed by atoms with E-state index in [1.165, 1.54) is 12.1 Å². The van der Waals surface area contributed by atoms with Gasteiger partial charge in [-0.05, 0) is 49.6 Å². The van der Waals surface area contributed by atoms with Crippen LogP contribution in [0.2, 0.25) is 0 Å². The third-order valence-electron chi connectivity index (χ3n) is 3.30. The molecule has 3 nitrogen and oxygen atoms in total. The Hall–Kier alpha value is -1.52. The van der Waals surface area contributed by atoms with Crippen molar-refractivity contribution in [3.63, 3.8) is 0 Å². The van der Waals surface area contributed by atoms with E-state index in [0.717, 1.165) is 29.4 Å². The topological polar surface area (TPSA) is 45.1 Å². The molecule has 1 heterocycles. The smallest absolute Gasteiger partial charge is 0.124 e. The standard InChI is InChI=1S/C16H21FN2O/c1-11(6-12(2)20)9-18-10-14-8-15(17)7-13-4-3-5-19-16(13)14/h3-5,7-8,11-12,18,20H,6,9-10H2,1-2H3. The van der Waals surface area contributed by atoms with Crippen LogP contribution >= 0.6 is 0 Å². The Kier molecular flexibility index (Phi) is 5.04. The van der Waals surface area contributed by atoms with Gasteiger partial charge in [0.1, 0.15) is 5.82 Å². The molecular weight excluding hydrogens is 255 g/mol. The minimum atomic E-state index is -0.288. The molecule has 0 saturated heterocycles. The fourth-order valence-corrected chi connectivity index (χ4v) is 2.48. The molecule has 1 aromatic carbocycles. The molecule has 0 bridgehead atoms. The molecule has 0 aliphatic carbocycles. The molecule has 0 aliphatic heterocycles. The molecule has 0 radical (unpaired) electrons. The number of nitrogens with zero attached hydrogens (tertiary/aromatic N) is 1. The summed E-state index contributed by atoms with van der Waals surface area (Å²) in [5, 5.41) is 13.5. The first-order chi connectivity index (χ1) is 9.56. The molecule has 108 valence electrons. The SMILES string of the molecule is CC(O)CC(C)CNCc1cc(F)cc2cccnc12. The van der Waals surface area contributed by atoms with Gasteiger partial charge in [-0.2, -0.15) is 0 Å². The lowest BCUT2D eigenvalue weighted by molar-refractivity contribution is 0.163. The Bertz CT molecular complexity index is 571. The number of rotatable bonds is 6. The molecule has 2 unspecified atom stereocenters. The van der Waals surface area contributed by atoms with Gasteiger partial charge in [-0.15, -0.1) is 0 Å². The van der Waals surface area contributed by atoms with Gasteiger partial charge in [-0.25, -0.2) is 4.39 Å². The summed E-state index contributed by atoms with van der Waals surface area (Å²) >= 11 is 0. The molecule has 2 atom stereocenters. The van der Waals surface area contributed by atoms with E-state index in [1.54, 1.807) is 13.1 Å². The first kappa shape index (κ1) is 14.9. The van der Waals surface area contributed by atoms with Gasteiger partial charge in [0, 0.05) is 18.1 Å². The van der Waals surface area contributed by atoms with Crippen LogP contribution in [0, 0.1) is 11.7 Å². The zero-order valence-electron chi connectivity index (χ0n) is 11.9. The third-order valence-corrected chi connectivity index (χ3v) is 3.30. The average molecular weight is 276 g/mol. The maximum atomic E-state index is 13.6. The molecular formula is C16H21FN2O. The Balaban J connectivity index is 2.03. The molecule has 0 aliphatic rings. The van der Waals surface area contributed by atoms with Crippen LogP contribution in [0.4, 0.5) is 4.39 Å². The van der Waals surface area contributed by atoms with Gasteiger partial charge in [-0.1, -0.05) is 13.0 Å². The van der Waals surface area contributed by atoms with E-state index in [0.29, 0.717) is 12.5 Å². The highest BCUT2D eigenvalue weighted by Crippen LogP contribution is 2.18. The zero-order chi connectivity index (χ0) is 14.5. The second-order valence-corrected chi connectivity index (χ2v) is 5.46. The van der Waals surface area contributed by atoms with Crippen molar-refractivity contribution in [1.29, 1.82) is 0 Å². The molecule has 2 N–H and O–H groups in total. The normalized spacial score (nSPS) is 14.4. The summed E-state index contributed by atoms with van der Waals surface area (Å²) in [6.45, 7) is 5.24. The van der Waals surface area contributed by atoms with E-state index in [2.05, 4.69) is 17.2 Å². The van der Waals surface area contributed by atoms with Crippen molar-refractivity contribution in [2.24, 2.45) is 5.92 Å². The van der Waals surface area contributed by atoms with Gasteiger partial charge in [0.25, 0.3) is 0 Å². The first-order valence-electron chi connectivity index (χ1n) is 6.98. The van der Waals surface area contributed by atoms with Gasteiger partial charge in [0.15, 0.2) is 0 Å². The van der Waals surface area contributed by atoms with Crippen LogP contribution in [0.15, 0.2) is 30.5 Å². The third kappa shape index (κ3) is 3.99. The van der Waals surface area contributed by atoms with Crippen molar-refractivity contribution in [3.8, 4) is 0 Å². The fourth-order valence-electron chi connectivity index (χ4n) is 2.48. The number of pyridine rings is 1. The van der Waals surface area contributed by atoms with Crippen molar-refractivity contribution in [2.45, 2.75) is 32.9 Å². The highest BCUT2D eigenvalue weighted by atomic mass is 19.1. The van der Waals surface area contributed by atoms with Gasteiger partial charge < -0.3 is 10.4 Å². The summed E-state index contributed by atoms with van der Waals surface area (Å²) < 4.78 is 13.6. The molecule has 2 aromatic rings. The van der Waals surface area contributed by atoms with E-state index >= 15 is 0 Å². The van der Waals surface area contributed by atoms with Crippen LogP contribution in [0.1, 0.15) is 25.8 Å². The van der Waals surface area contributed by atoms with Crippen LogP contribution < -0.4 is 5.32 Å². The lowest BCUT2D eigenvalue weighted by Gasteiger charge is -2.14. The van der Waals surface area contributed by atoms with Crippen molar-refractivity contribution >= 4 is 10.9 Å². The monoisotopic (exact) mass is 276 g/mol. The second kappa shape index (κ2) is 6.77. The van der Waals surface area contributed by atoms with Crippen molar-refractivity contribution in [2.75, 3.05) is 6.54 Å². The van der Waals surface area contributed by atoms with Gasteiger partial charge in [0.05, 0.1) is 11.6 Å². The van der Waals surface area contributed by atoms with Crippen molar-refractivity contribution in [3.05, 3.63) is 41.8 Å². The lowest BCUT2D eigenvalue weighted by Crippen LogP contribution is -2.23. The van der Waals surface area contributed by atoms with Gasteiger partial charge >= 0.3 is 0 Å². The molecule has 1 aromatic heterocycles. The number of fused-ring (bicyclic) bond motifs is 1. The minimum Gasteiger partial charge on any atom is -0.393 e. The van der Waals surface area contributed by atoms with Crippen LogP contribution in [0.5, 0.6) is 0 Å². The highest BCUT2D eigenvalue weighted by molar-refractivity contribution is 5.81. The van der Waals surface area contributed by atoms with Crippen LogP contribution in [0.25, 0.3) is 10.9 Å². The van der Waals surface area contributed by atoms with Gasteiger partial charge in [-0.3, -0.25) is 4.98 Å². The average Bonchev–Trinajstić information content (AvgIpc) is 2.37. The predicted octanol–water partition coefficient (Wildman–Crippen LogP) is 2.87. The Labute approximate surface area is 118 Å². The molecule has 0 fully saturated rings. The van der Waals surface area contributed by atoms with E-state index in [-0.39, 0.29) is 11.9 Å². The molecule has 0 spiro atoms. The quantitative estimate of drug-likeness (QED) is 0.852. The first-order valence-corrected chi connectivity index (χ1v) is 6.98. The highest BCUT2D eigenvalue weighted by Gasteiger charge is 2.08. The summed E-state index contributed by atoms with van der Waals surface area (Å²) in [6, 6.07) is 6.71. The summed E-state index contributed by atoms with van der Waals surface area (Å²) in [5.74, 6) is 0.141. The molecule has 4 heteroatoms. The van der Waals surface area contributed by atoms with E-state index < -0.39 is 0 Å². The molecule has 0 saturated carbocycles. The maximum absolute atomic E-state index is 13.6. The van der Waals surface area contributed by atoms with Crippen molar-refractivity contribution in [1.82, 2.24) is 10.3 Å². The number of aliphatic hydroxyl groups is 1. The predicted molar refractivity (Wildman–Crippen MR) is 78.9 cm³/mol. The number of hydrogen-bond donors (Lipinski definition) is 2. The number of nitrogens with one attached hydrogen (secondary N) is 1. The summed E-state index contributed by atoms with van der Waals surface area (Å²) in [6.07, 6.45) is 2.19. The van der Waals surface area contributed by atoms with E-state index in [1.807, 2.05) is 12.1 Å². The van der Waals surface area contributed by atoms with Gasteiger partial charge in [0.2, 0.25) is 0 Å². The fraction of sp³-hybridized carbons (Fsp3) is 0.438. The largest absolute Gasteiger partial charge is 0.393 e. The van der Waals surface area contributed by atoms with Crippen LogP contribution in [-0.4, -0.2) is 22.7 Å². The second-order valence-electron chi connectivity index (χ2n) is 5.46. The number of aromatic nitrogens is 1. The number of halogens is 1. The molecule has 20 heavy (non-hydrogen) atoms. The minimum absolute atomic E-state index is 0.237. The Morgan fingerprint density at radius 2 is 2.15 bits per heavy atom. The molecule has 2 rings (SSSR count). The summed E-state index contributed by atoms with van der Waals surface area (Å²) in [4.78, 5) is 4.32. The van der Waals surface area contributed by atoms with Crippen LogP contribution in [0.3, 0.4) is 0 Å². The summed E-state index contributed by atoms with van der Waals surface area (Å²) in [5.41, 5.74) is 1.70. The number of aliphatic hydroxyl groups excluding tert-OH is 1. The summed E-state index contributed by atoms with van der Waals surface area (Å²) in [7, 11) is 0. The van der Waals surface area contributed by atoms with Crippen LogP contribution in [-0.2, 0) is 6.54 Å². The zero-order valence-corrected chi connectivity index (χ0v) is 11.9.